The molecule has 0 saturated carbocycles. The van der Waals surface area contributed by atoms with Crippen molar-refractivity contribution in [2.75, 3.05) is 11.9 Å². The number of aromatic amines is 1. The molecule has 0 aliphatic carbocycles. The summed E-state index contributed by atoms with van der Waals surface area (Å²) in [6.45, 7) is 3.84. The maximum absolute atomic E-state index is 14.6. The molecule has 10 heteroatoms. The number of carbonyl (C=O) groups is 1. The minimum Gasteiger partial charge on any atom is -0.494 e. The average molecular weight is 508 g/mol. The Balaban J connectivity index is 1.42. The zero-order chi connectivity index (χ0) is 26.4. The lowest BCUT2D eigenvalue weighted by Crippen LogP contribution is -2.19. The number of carbonyl (C=O) groups excluding carboxylic acids is 1. The van der Waals surface area contributed by atoms with Gasteiger partial charge in [-0.25, -0.2) is 13.8 Å². The second-order valence-corrected chi connectivity index (χ2v) is 9.18. The van der Waals surface area contributed by atoms with E-state index in [-0.39, 0.29) is 29.4 Å². The van der Waals surface area contributed by atoms with Gasteiger partial charge in [-0.05, 0) is 74.2 Å². The van der Waals surface area contributed by atoms with Gasteiger partial charge in [0.25, 0.3) is 5.91 Å². The Hall–Kier alpha value is -4.18. The summed E-state index contributed by atoms with van der Waals surface area (Å²) in [4.78, 5) is 19.6. The molecule has 0 fully saturated rings. The number of H-pyrrole nitrogens is 1. The van der Waals surface area contributed by atoms with Gasteiger partial charge in [-0.15, -0.1) is 10.2 Å². The molecule has 0 aliphatic heterocycles. The van der Waals surface area contributed by atoms with E-state index in [1.165, 1.54) is 30.5 Å². The Labute approximate surface area is 212 Å². The third kappa shape index (κ3) is 7.17. The lowest BCUT2D eigenvalue weighted by molar-refractivity contribution is 0.0641. The molecule has 2 aromatic heterocycles. The fourth-order valence-corrected chi connectivity index (χ4v) is 3.65. The quantitative estimate of drug-likeness (QED) is 0.263. The summed E-state index contributed by atoms with van der Waals surface area (Å²) in [7, 11) is 0. The van der Waals surface area contributed by atoms with E-state index in [0.717, 1.165) is 0 Å². The lowest BCUT2D eigenvalue weighted by Gasteiger charge is -2.17. The minimum atomic E-state index is -0.776. The van der Waals surface area contributed by atoms with E-state index in [1.807, 2.05) is 0 Å². The van der Waals surface area contributed by atoms with Crippen molar-refractivity contribution in [3.8, 4) is 16.9 Å². The van der Waals surface area contributed by atoms with E-state index >= 15 is 0 Å². The predicted molar refractivity (Wildman–Crippen MR) is 134 cm³/mol. The standard InChI is InChI=1S/C27H27F2N5O3/c1-27(2,36)11-5-13-37-19-8-9-22(29)20(16-19)17-10-12-30-23(14-17)32-26(35)25-31-24(33-34-25)15-18-6-3-4-7-21(18)28/h3-4,6-10,12,14,16,36H,5,11,13,15H2,1-2H3,(H,30,32,35)(H,31,33,34). The number of hydrogen-bond acceptors (Lipinski definition) is 6. The summed E-state index contributed by atoms with van der Waals surface area (Å²) in [6, 6.07) is 13.9. The number of rotatable bonds is 10. The van der Waals surface area contributed by atoms with E-state index in [4.69, 9.17) is 4.74 Å². The Kier molecular flexibility index (Phi) is 7.88. The fourth-order valence-electron chi connectivity index (χ4n) is 3.65. The van der Waals surface area contributed by atoms with Gasteiger partial charge in [-0.3, -0.25) is 4.79 Å². The topological polar surface area (TPSA) is 113 Å². The summed E-state index contributed by atoms with van der Waals surface area (Å²) in [5, 5.41) is 20.2. The zero-order valence-electron chi connectivity index (χ0n) is 20.5. The fraction of sp³-hybridized carbons (Fsp3) is 0.259. The van der Waals surface area contributed by atoms with Gasteiger partial charge >= 0.3 is 0 Å². The molecule has 2 heterocycles. The van der Waals surface area contributed by atoms with Gasteiger partial charge in [0.15, 0.2) is 0 Å². The summed E-state index contributed by atoms with van der Waals surface area (Å²) in [6.07, 6.45) is 2.82. The molecule has 1 amide bonds. The Morgan fingerprint density at radius 1 is 1.08 bits per heavy atom. The van der Waals surface area contributed by atoms with Crippen molar-refractivity contribution < 1.29 is 23.4 Å². The highest BCUT2D eigenvalue weighted by Crippen LogP contribution is 2.28. The van der Waals surface area contributed by atoms with Gasteiger partial charge in [0.05, 0.1) is 12.2 Å². The van der Waals surface area contributed by atoms with Crippen molar-refractivity contribution >= 4 is 11.7 Å². The van der Waals surface area contributed by atoms with Crippen molar-refractivity contribution in [1.82, 2.24) is 20.2 Å². The summed E-state index contributed by atoms with van der Waals surface area (Å²) >= 11 is 0. The molecule has 0 unspecified atom stereocenters. The molecule has 4 rings (SSSR count). The van der Waals surface area contributed by atoms with Crippen LogP contribution >= 0.6 is 0 Å². The van der Waals surface area contributed by atoms with Crippen molar-refractivity contribution in [3.63, 3.8) is 0 Å². The van der Waals surface area contributed by atoms with Crippen LogP contribution in [0.4, 0.5) is 14.6 Å². The summed E-state index contributed by atoms with van der Waals surface area (Å²) in [5.41, 5.74) is 0.417. The van der Waals surface area contributed by atoms with Crippen molar-refractivity contribution in [3.05, 3.63) is 89.6 Å². The van der Waals surface area contributed by atoms with Crippen LogP contribution in [0, 0.1) is 11.6 Å². The number of nitrogens with zero attached hydrogens (tertiary/aromatic N) is 3. The highest BCUT2D eigenvalue weighted by molar-refractivity contribution is 6.01. The van der Waals surface area contributed by atoms with Crippen LogP contribution in [-0.4, -0.2) is 43.4 Å². The molecule has 0 bridgehead atoms. The van der Waals surface area contributed by atoms with Crippen LogP contribution in [-0.2, 0) is 6.42 Å². The van der Waals surface area contributed by atoms with Crippen LogP contribution in [0.3, 0.4) is 0 Å². The van der Waals surface area contributed by atoms with Gasteiger partial charge in [0.1, 0.15) is 29.0 Å². The second-order valence-electron chi connectivity index (χ2n) is 9.18. The molecule has 0 spiro atoms. The number of ether oxygens (including phenoxy) is 1. The van der Waals surface area contributed by atoms with Gasteiger partial charge in [0, 0.05) is 18.2 Å². The van der Waals surface area contributed by atoms with Gasteiger partial charge in [-0.1, -0.05) is 18.2 Å². The molecule has 0 atom stereocenters. The third-order valence-corrected chi connectivity index (χ3v) is 5.52. The molecule has 192 valence electrons. The predicted octanol–water partition coefficient (Wildman–Crippen LogP) is 4.92. The van der Waals surface area contributed by atoms with Crippen LogP contribution in [0.25, 0.3) is 11.1 Å². The van der Waals surface area contributed by atoms with Crippen LogP contribution in [0.1, 0.15) is 48.7 Å². The molecule has 0 radical (unpaired) electrons. The number of nitrogens with one attached hydrogen (secondary N) is 2. The third-order valence-electron chi connectivity index (χ3n) is 5.52. The Morgan fingerprint density at radius 3 is 2.68 bits per heavy atom. The second kappa shape index (κ2) is 11.3. The molecule has 4 aromatic rings. The molecule has 37 heavy (non-hydrogen) atoms. The molecule has 3 N–H and O–H groups in total. The number of aromatic nitrogens is 4. The van der Waals surface area contributed by atoms with Crippen LogP contribution in [0.15, 0.2) is 60.8 Å². The van der Waals surface area contributed by atoms with Crippen LogP contribution in [0.2, 0.25) is 0 Å². The molecule has 0 aliphatic rings. The normalized spacial score (nSPS) is 11.4. The smallest absolute Gasteiger partial charge is 0.294 e. The van der Waals surface area contributed by atoms with Crippen molar-refractivity contribution in [2.24, 2.45) is 0 Å². The van der Waals surface area contributed by atoms with Gasteiger partial charge in [-0.2, -0.15) is 0 Å². The number of hydrogen-bond donors (Lipinski definition) is 3. The zero-order valence-corrected chi connectivity index (χ0v) is 20.5. The maximum atomic E-state index is 14.6. The molecule has 2 aromatic carbocycles. The molecule has 0 saturated heterocycles. The number of pyridine rings is 1. The largest absolute Gasteiger partial charge is 0.494 e. The first-order valence-corrected chi connectivity index (χ1v) is 11.8. The van der Waals surface area contributed by atoms with Crippen LogP contribution < -0.4 is 10.1 Å². The minimum absolute atomic E-state index is 0.0637. The van der Waals surface area contributed by atoms with E-state index < -0.39 is 17.3 Å². The number of anilines is 1. The first kappa shape index (κ1) is 25.9. The molecular formula is C27H27F2N5O3. The van der Waals surface area contributed by atoms with Gasteiger partial charge in [0.2, 0.25) is 5.82 Å². The lowest BCUT2D eigenvalue weighted by atomic mass is 10.0. The first-order chi connectivity index (χ1) is 17.7. The number of aliphatic hydroxyl groups is 1. The SMILES string of the molecule is CC(C)(O)CCCOc1ccc(F)c(-c2ccnc(NC(=O)c3nnc(Cc4ccccc4F)[nH]3)c2)c1. The average Bonchev–Trinajstić information content (AvgIpc) is 3.33. The van der Waals surface area contributed by atoms with Crippen molar-refractivity contribution in [1.29, 1.82) is 0 Å². The van der Waals surface area contributed by atoms with Crippen molar-refractivity contribution in [2.45, 2.75) is 38.7 Å². The Bertz CT molecular complexity index is 1380. The molecule has 8 nitrogen and oxygen atoms in total. The highest BCUT2D eigenvalue weighted by Gasteiger charge is 2.16. The maximum Gasteiger partial charge on any atom is 0.294 e. The number of benzene rings is 2. The van der Waals surface area contributed by atoms with Gasteiger partial charge < -0.3 is 20.1 Å². The summed E-state index contributed by atoms with van der Waals surface area (Å²) < 4.78 is 34.2. The number of amides is 1. The van der Waals surface area contributed by atoms with E-state index in [9.17, 15) is 18.7 Å². The molecular weight excluding hydrogens is 480 g/mol. The van der Waals surface area contributed by atoms with E-state index in [0.29, 0.717) is 42.1 Å². The highest BCUT2D eigenvalue weighted by atomic mass is 19.1. The van der Waals surface area contributed by atoms with E-state index in [2.05, 4.69) is 25.5 Å². The Morgan fingerprint density at radius 2 is 1.89 bits per heavy atom. The first-order valence-electron chi connectivity index (χ1n) is 11.8. The monoisotopic (exact) mass is 507 g/mol. The summed E-state index contributed by atoms with van der Waals surface area (Å²) in [5.74, 6) is -0.489. The van der Waals surface area contributed by atoms with E-state index in [1.54, 1.807) is 44.2 Å². The number of halogens is 2. The van der Waals surface area contributed by atoms with Crippen LogP contribution in [0.5, 0.6) is 5.75 Å².